The molecule has 5 nitrogen and oxygen atoms in total. The molecule has 25 heavy (non-hydrogen) atoms. The maximum atomic E-state index is 12.7. The highest BCUT2D eigenvalue weighted by Crippen LogP contribution is 2.37. The van der Waals surface area contributed by atoms with E-state index in [1.165, 1.54) is 12.3 Å². The Morgan fingerprint density at radius 3 is 2.72 bits per heavy atom. The summed E-state index contributed by atoms with van der Waals surface area (Å²) in [5.41, 5.74) is -0.888. The normalized spacial score (nSPS) is 14.4. The first-order chi connectivity index (χ1) is 11.8. The van der Waals surface area contributed by atoms with Crippen molar-refractivity contribution in [3.05, 3.63) is 63.3 Å². The van der Waals surface area contributed by atoms with Crippen LogP contribution in [0.25, 0.3) is 0 Å². The Hall–Kier alpha value is -2.64. The lowest BCUT2D eigenvalue weighted by molar-refractivity contribution is -0.137. The maximum Gasteiger partial charge on any atom is 0.416 e. The Bertz CT molecular complexity index is 842. The summed E-state index contributed by atoms with van der Waals surface area (Å²) in [4.78, 5) is 30.6. The fourth-order valence-corrected chi connectivity index (χ4v) is 2.45. The van der Waals surface area contributed by atoms with Gasteiger partial charge in [0, 0.05) is 18.7 Å². The third-order valence-corrected chi connectivity index (χ3v) is 3.98. The van der Waals surface area contributed by atoms with Gasteiger partial charge in [0.2, 0.25) is 0 Å². The Kier molecular flexibility index (Phi) is 4.61. The van der Waals surface area contributed by atoms with Gasteiger partial charge < -0.3 is 10.3 Å². The highest BCUT2D eigenvalue weighted by atomic mass is 19.4. The van der Waals surface area contributed by atoms with Crippen molar-refractivity contribution in [3.8, 4) is 0 Å². The van der Waals surface area contributed by atoms with Gasteiger partial charge in [0.25, 0.3) is 11.5 Å². The zero-order chi connectivity index (χ0) is 18.0. The van der Waals surface area contributed by atoms with E-state index in [1.54, 1.807) is 6.07 Å². The standard InChI is InChI=1S/C17H16F3N3O2/c18-17(19,20)12-3-1-2-10(8-12)6-7-21-15(24)13-9-22-14(11-4-5-11)23-16(13)25/h1-3,8-9,11H,4-7H2,(H,21,24)(H,22,23,25). The molecule has 1 aliphatic carbocycles. The lowest BCUT2D eigenvalue weighted by Gasteiger charge is -2.09. The molecule has 1 amide bonds. The van der Waals surface area contributed by atoms with E-state index in [0.29, 0.717) is 11.4 Å². The van der Waals surface area contributed by atoms with E-state index in [0.717, 1.165) is 25.0 Å². The second kappa shape index (κ2) is 6.70. The van der Waals surface area contributed by atoms with Crippen LogP contribution in [0.15, 0.2) is 35.3 Å². The Morgan fingerprint density at radius 1 is 1.32 bits per heavy atom. The molecule has 2 aromatic rings. The number of nitrogens with one attached hydrogen (secondary N) is 2. The molecule has 1 heterocycles. The lowest BCUT2D eigenvalue weighted by Crippen LogP contribution is -2.31. The lowest BCUT2D eigenvalue weighted by atomic mass is 10.1. The smallest absolute Gasteiger partial charge is 0.351 e. The van der Waals surface area contributed by atoms with Gasteiger partial charge in [-0.05, 0) is 30.9 Å². The second-order valence-corrected chi connectivity index (χ2v) is 5.99. The molecule has 1 saturated carbocycles. The predicted molar refractivity (Wildman–Crippen MR) is 84.3 cm³/mol. The molecule has 0 saturated heterocycles. The maximum absolute atomic E-state index is 12.7. The molecule has 1 aliphatic rings. The molecule has 0 spiro atoms. The zero-order valence-corrected chi connectivity index (χ0v) is 13.2. The van der Waals surface area contributed by atoms with Crippen molar-refractivity contribution < 1.29 is 18.0 Å². The number of hydrogen-bond donors (Lipinski definition) is 2. The fourth-order valence-electron chi connectivity index (χ4n) is 2.45. The van der Waals surface area contributed by atoms with Crippen LogP contribution in [0.3, 0.4) is 0 Å². The molecule has 132 valence electrons. The highest BCUT2D eigenvalue weighted by Gasteiger charge is 2.30. The number of hydrogen-bond acceptors (Lipinski definition) is 3. The minimum atomic E-state index is -4.40. The van der Waals surface area contributed by atoms with Gasteiger partial charge in [-0.2, -0.15) is 13.2 Å². The topological polar surface area (TPSA) is 74.8 Å². The minimum Gasteiger partial charge on any atom is -0.351 e. The molecule has 0 unspecified atom stereocenters. The molecule has 1 aromatic carbocycles. The van der Waals surface area contributed by atoms with Crippen LogP contribution in [0.1, 0.15) is 46.1 Å². The molecule has 0 bridgehead atoms. The van der Waals surface area contributed by atoms with E-state index in [9.17, 15) is 22.8 Å². The number of aromatic amines is 1. The highest BCUT2D eigenvalue weighted by molar-refractivity contribution is 5.93. The molecular formula is C17H16F3N3O2. The largest absolute Gasteiger partial charge is 0.416 e. The molecular weight excluding hydrogens is 335 g/mol. The van der Waals surface area contributed by atoms with Crippen LogP contribution in [0.5, 0.6) is 0 Å². The number of nitrogens with zero attached hydrogens (tertiary/aromatic N) is 1. The van der Waals surface area contributed by atoms with Crippen LogP contribution in [0.2, 0.25) is 0 Å². The van der Waals surface area contributed by atoms with Gasteiger partial charge in [-0.1, -0.05) is 18.2 Å². The van der Waals surface area contributed by atoms with Crippen LogP contribution in [-0.4, -0.2) is 22.4 Å². The summed E-state index contributed by atoms with van der Waals surface area (Å²) in [5, 5.41) is 2.53. The number of carbonyl (C=O) groups is 1. The van der Waals surface area contributed by atoms with Gasteiger partial charge in [0.05, 0.1) is 5.56 Å². The molecule has 0 aliphatic heterocycles. The summed E-state index contributed by atoms with van der Waals surface area (Å²) in [5.74, 6) is 0.263. The van der Waals surface area contributed by atoms with Crippen molar-refractivity contribution in [2.45, 2.75) is 31.4 Å². The van der Waals surface area contributed by atoms with E-state index in [2.05, 4.69) is 15.3 Å². The van der Waals surface area contributed by atoms with E-state index >= 15 is 0 Å². The van der Waals surface area contributed by atoms with Crippen LogP contribution in [-0.2, 0) is 12.6 Å². The number of carbonyl (C=O) groups excluding carboxylic acids is 1. The zero-order valence-electron chi connectivity index (χ0n) is 13.2. The second-order valence-electron chi connectivity index (χ2n) is 5.99. The van der Waals surface area contributed by atoms with Gasteiger partial charge in [-0.25, -0.2) is 4.98 Å². The van der Waals surface area contributed by atoms with Crippen molar-refractivity contribution in [2.24, 2.45) is 0 Å². The number of rotatable bonds is 5. The Labute approximate surface area is 141 Å². The minimum absolute atomic E-state index is 0.103. The van der Waals surface area contributed by atoms with Crippen molar-refractivity contribution in [2.75, 3.05) is 6.54 Å². The third kappa shape index (κ3) is 4.26. The third-order valence-electron chi connectivity index (χ3n) is 3.98. The summed E-state index contributed by atoms with van der Waals surface area (Å²) < 4.78 is 38.0. The average Bonchev–Trinajstić information content (AvgIpc) is 3.39. The Morgan fingerprint density at radius 2 is 2.08 bits per heavy atom. The summed E-state index contributed by atoms with van der Waals surface area (Å²) in [6, 6.07) is 4.92. The van der Waals surface area contributed by atoms with Gasteiger partial charge in [0.15, 0.2) is 0 Å². The van der Waals surface area contributed by atoms with Gasteiger partial charge in [-0.3, -0.25) is 9.59 Å². The van der Waals surface area contributed by atoms with Crippen molar-refractivity contribution in [3.63, 3.8) is 0 Å². The molecule has 1 fully saturated rings. The van der Waals surface area contributed by atoms with Crippen molar-refractivity contribution >= 4 is 5.91 Å². The summed E-state index contributed by atoms with van der Waals surface area (Å²) in [7, 11) is 0. The summed E-state index contributed by atoms with van der Waals surface area (Å²) in [6.07, 6.45) is -0.980. The number of alkyl halides is 3. The van der Waals surface area contributed by atoms with E-state index < -0.39 is 23.2 Å². The fraction of sp³-hybridized carbons (Fsp3) is 0.353. The summed E-state index contributed by atoms with van der Waals surface area (Å²) in [6.45, 7) is 0.115. The Balaban J connectivity index is 1.59. The molecule has 3 rings (SSSR count). The quantitative estimate of drug-likeness (QED) is 0.870. The SMILES string of the molecule is O=C(NCCc1cccc(C(F)(F)F)c1)c1cnc(C2CC2)[nH]c1=O. The van der Waals surface area contributed by atoms with Crippen LogP contribution >= 0.6 is 0 Å². The molecule has 1 aromatic heterocycles. The van der Waals surface area contributed by atoms with Gasteiger partial charge >= 0.3 is 6.18 Å². The van der Waals surface area contributed by atoms with Gasteiger partial charge in [0.1, 0.15) is 11.4 Å². The molecule has 0 radical (unpaired) electrons. The first-order valence-corrected chi connectivity index (χ1v) is 7.88. The van der Waals surface area contributed by atoms with Crippen molar-refractivity contribution in [1.29, 1.82) is 0 Å². The first-order valence-electron chi connectivity index (χ1n) is 7.88. The first kappa shape index (κ1) is 17.2. The number of benzene rings is 1. The summed E-state index contributed by atoms with van der Waals surface area (Å²) >= 11 is 0. The van der Waals surface area contributed by atoms with Gasteiger partial charge in [-0.15, -0.1) is 0 Å². The van der Waals surface area contributed by atoms with Crippen molar-refractivity contribution in [1.82, 2.24) is 15.3 Å². The van der Waals surface area contributed by atoms with Crippen LogP contribution < -0.4 is 10.9 Å². The molecule has 8 heteroatoms. The number of amides is 1. The monoisotopic (exact) mass is 351 g/mol. The van der Waals surface area contributed by atoms with Crippen LogP contribution in [0.4, 0.5) is 13.2 Å². The molecule has 0 atom stereocenters. The van der Waals surface area contributed by atoms with E-state index in [4.69, 9.17) is 0 Å². The number of aromatic nitrogens is 2. The average molecular weight is 351 g/mol. The molecule has 2 N–H and O–H groups in total. The predicted octanol–water partition coefficient (Wildman–Crippen LogP) is 2.64. The van der Waals surface area contributed by atoms with E-state index in [-0.39, 0.29) is 24.4 Å². The van der Waals surface area contributed by atoms with Crippen LogP contribution in [0, 0.1) is 0 Å². The van der Waals surface area contributed by atoms with E-state index in [1.807, 2.05) is 0 Å². The number of halogens is 3. The number of H-pyrrole nitrogens is 1.